The highest BCUT2D eigenvalue weighted by molar-refractivity contribution is 5.01. The Morgan fingerprint density at radius 1 is 1.06 bits per heavy atom. The van der Waals surface area contributed by atoms with Gasteiger partial charge in [0.25, 0.3) is 0 Å². The molecule has 0 amide bonds. The first kappa shape index (κ1) is 15.5. The Bertz CT molecular complexity index is 205. The topological polar surface area (TPSA) is 3.24 Å². The average Bonchev–Trinajstić information content (AvgIpc) is 2.24. The molecule has 0 aliphatic heterocycles. The fraction of sp³-hybridized carbons (Fsp3) is 0.867. The Balaban J connectivity index is 4.93. The van der Waals surface area contributed by atoms with E-state index in [0.29, 0.717) is 12.1 Å². The lowest BCUT2D eigenvalue weighted by atomic mass is 9.93. The predicted molar refractivity (Wildman–Crippen MR) is 74.6 cm³/mol. The summed E-state index contributed by atoms with van der Waals surface area (Å²) in [5.74, 6) is 0.771. The molecular weight excluding hydrogens is 194 g/mol. The molecular formula is C15H31N. The van der Waals surface area contributed by atoms with Crippen molar-refractivity contribution in [3.8, 4) is 0 Å². The summed E-state index contributed by atoms with van der Waals surface area (Å²) in [6, 6.07) is 1.29. The van der Waals surface area contributed by atoms with Gasteiger partial charge in [0.2, 0.25) is 0 Å². The Kier molecular flexibility index (Phi) is 7.53. The molecule has 0 N–H and O–H groups in total. The summed E-state index contributed by atoms with van der Waals surface area (Å²) in [6.45, 7) is 16.1. The van der Waals surface area contributed by atoms with Gasteiger partial charge in [0.15, 0.2) is 0 Å². The maximum absolute atomic E-state index is 2.61. The summed E-state index contributed by atoms with van der Waals surface area (Å²) in [4.78, 5) is 2.61. The lowest BCUT2D eigenvalue weighted by Crippen LogP contribution is -2.42. The molecule has 16 heavy (non-hydrogen) atoms. The zero-order valence-electron chi connectivity index (χ0n) is 12.4. The Labute approximate surface area is 103 Å². The lowest BCUT2D eigenvalue weighted by molar-refractivity contribution is 0.148. The molecule has 2 unspecified atom stereocenters. The second kappa shape index (κ2) is 7.76. The summed E-state index contributed by atoms with van der Waals surface area (Å²) in [5, 5.41) is 0. The molecule has 0 heterocycles. The van der Waals surface area contributed by atoms with E-state index in [1.54, 1.807) is 0 Å². The first-order valence-electron chi connectivity index (χ1n) is 6.94. The van der Waals surface area contributed by atoms with E-state index in [2.05, 4.69) is 59.4 Å². The van der Waals surface area contributed by atoms with Gasteiger partial charge in [-0.3, -0.25) is 0 Å². The van der Waals surface area contributed by atoms with Crippen LogP contribution in [0.5, 0.6) is 0 Å². The molecule has 0 aromatic rings. The van der Waals surface area contributed by atoms with Crippen molar-refractivity contribution in [2.24, 2.45) is 5.92 Å². The molecule has 0 fully saturated rings. The normalized spacial score (nSPS) is 16.4. The Morgan fingerprint density at radius 2 is 1.62 bits per heavy atom. The van der Waals surface area contributed by atoms with Crippen molar-refractivity contribution < 1.29 is 0 Å². The van der Waals surface area contributed by atoms with Crippen LogP contribution in [0.4, 0.5) is 0 Å². The molecule has 0 saturated heterocycles. The maximum Gasteiger partial charge on any atom is 0.0312 e. The molecule has 0 radical (unpaired) electrons. The fourth-order valence-corrected chi connectivity index (χ4v) is 2.60. The Hall–Kier alpha value is -0.460. The molecule has 0 aromatic carbocycles. The number of nitrogens with zero attached hydrogens (tertiary/aromatic N) is 1. The minimum Gasteiger partial charge on any atom is -0.370 e. The molecule has 1 heteroatoms. The minimum atomic E-state index is 0.599. The summed E-state index contributed by atoms with van der Waals surface area (Å²) >= 11 is 0. The van der Waals surface area contributed by atoms with E-state index in [4.69, 9.17) is 0 Å². The molecule has 0 aliphatic carbocycles. The van der Waals surface area contributed by atoms with Crippen LogP contribution < -0.4 is 0 Å². The van der Waals surface area contributed by atoms with Gasteiger partial charge in [-0.15, -0.1) is 0 Å². The van der Waals surface area contributed by atoms with Gasteiger partial charge in [0.1, 0.15) is 0 Å². The van der Waals surface area contributed by atoms with Crippen LogP contribution in [-0.4, -0.2) is 17.0 Å². The van der Waals surface area contributed by atoms with Gasteiger partial charge in [-0.1, -0.05) is 40.2 Å². The van der Waals surface area contributed by atoms with Crippen LogP contribution in [0.25, 0.3) is 0 Å². The first-order chi connectivity index (χ1) is 7.49. The van der Waals surface area contributed by atoms with Gasteiger partial charge >= 0.3 is 0 Å². The average molecular weight is 225 g/mol. The molecule has 0 aliphatic rings. The predicted octanol–water partition coefficient (Wildman–Crippen LogP) is 4.84. The second-order valence-corrected chi connectivity index (χ2v) is 5.12. The van der Waals surface area contributed by atoms with Crippen molar-refractivity contribution >= 4 is 0 Å². The third-order valence-electron chi connectivity index (χ3n) is 3.54. The number of hydrogen-bond acceptors (Lipinski definition) is 1. The number of hydrogen-bond donors (Lipinski definition) is 0. The molecule has 0 saturated carbocycles. The van der Waals surface area contributed by atoms with Gasteiger partial charge in [-0.05, 0) is 39.5 Å². The van der Waals surface area contributed by atoms with Crippen molar-refractivity contribution in [1.29, 1.82) is 0 Å². The third-order valence-corrected chi connectivity index (χ3v) is 3.54. The van der Waals surface area contributed by atoms with Crippen molar-refractivity contribution in [3.63, 3.8) is 0 Å². The van der Waals surface area contributed by atoms with Crippen LogP contribution in [0.1, 0.15) is 67.7 Å². The lowest BCUT2D eigenvalue weighted by Gasteiger charge is -2.40. The van der Waals surface area contributed by atoms with E-state index < -0.39 is 0 Å². The van der Waals surface area contributed by atoms with Crippen molar-refractivity contribution in [1.82, 2.24) is 4.90 Å². The number of allylic oxidation sites excluding steroid dienone is 2. The molecule has 0 rings (SSSR count). The zero-order chi connectivity index (χ0) is 12.7. The molecule has 1 nitrogen and oxygen atoms in total. The van der Waals surface area contributed by atoms with Crippen molar-refractivity contribution in [2.45, 2.75) is 79.8 Å². The second-order valence-electron chi connectivity index (χ2n) is 5.12. The van der Waals surface area contributed by atoms with Crippen LogP contribution in [0.15, 0.2) is 11.8 Å². The van der Waals surface area contributed by atoms with E-state index in [1.165, 1.54) is 18.5 Å². The summed E-state index contributed by atoms with van der Waals surface area (Å²) in [5.41, 5.74) is 1.45. The molecule has 0 aromatic heterocycles. The fourth-order valence-electron chi connectivity index (χ4n) is 2.60. The Morgan fingerprint density at radius 3 is 1.94 bits per heavy atom. The minimum absolute atomic E-state index is 0.599. The van der Waals surface area contributed by atoms with Crippen LogP contribution >= 0.6 is 0 Å². The first-order valence-corrected chi connectivity index (χ1v) is 6.94. The van der Waals surface area contributed by atoms with Gasteiger partial charge in [0, 0.05) is 17.8 Å². The SMILES string of the molecule is CC/C=C(\C)N(C(C)C)C(CC)C(C)CC. The summed E-state index contributed by atoms with van der Waals surface area (Å²) in [7, 11) is 0. The summed E-state index contributed by atoms with van der Waals surface area (Å²) < 4.78 is 0. The standard InChI is InChI=1S/C15H31N/c1-8-11-14(7)16(12(4)5)15(10-3)13(6)9-2/h11-13,15H,8-10H2,1-7H3/b14-11+. The van der Waals surface area contributed by atoms with E-state index in [-0.39, 0.29) is 0 Å². The monoisotopic (exact) mass is 225 g/mol. The third kappa shape index (κ3) is 4.19. The van der Waals surface area contributed by atoms with Crippen LogP contribution in [0.3, 0.4) is 0 Å². The highest BCUT2D eigenvalue weighted by Crippen LogP contribution is 2.24. The highest BCUT2D eigenvalue weighted by atomic mass is 15.2. The van der Waals surface area contributed by atoms with Gasteiger partial charge in [-0.25, -0.2) is 0 Å². The molecule has 0 spiro atoms. The highest BCUT2D eigenvalue weighted by Gasteiger charge is 2.23. The van der Waals surface area contributed by atoms with Crippen LogP contribution in [-0.2, 0) is 0 Å². The summed E-state index contributed by atoms with van der Waals surface area (Å²) in [6.07, 6.45) is 5.99. The van der Waals surface area contributed by atoms with Crippen molar-refractivity contribution in [2.75, 3.05) is 0 Å². The molecule has 0 bridgehead atoms. The van der Waals surface area contributed by atoms with Crippen molar-refractivity contribution in [3.05, 3.63) is 11.8 Å². The largest absolute Gasteiger partial charge is 0.370 e. The molecule has 2 atom stereocenters. The van der Waals surface area contributed by atoms with E-state index >= 15 is 0 Å². The quantitative estimate of drug-likeness (QED) is 0.599. The maximum atomic E-state index is 2.61. The van der Waals surface area contributed by atoms with Gasteiger partial charge in [0.05, 0.1) is 0 Å². The van der Waals surface area contributed by atoms with Crippen LogP contribution in [0.2, 0.25) is 0 Å². The number of rotatable bonds is 7. The van der Waals surface area contributed by atoms with E-state index in [9.17, 15) is 0 Å². The van der Waals surface area contributed by atoms with E-state index in [1.807, 2.05) is 0 Å². The van der Waals surface area contributed by atoms with Gasteiger partial charge in [-0.2, -0.15) is 0 Å². The zero-order valence-corrected chi connectivity index (χ0v) is 12.4. The molecule has 96 valence electrons. The van der Waals surface area contributed by atoms with Gasteiger partial charge < -0.3 is 4.90 Å². The van der Waals surface area contributed by atoms with E-state index in [0.717, 1.165) is 12.3 Å². The smallest absolute Gasteiger partial charge is 0.0312 e. The van der Waals surface area contributed by atoms with Crippen LogP contribution in [0, 0.1) is 5.92 Å².